The molecule has 1 saturated heterocycles. The van der Waals surface area contributed by atoms with Crippen molar-refractivity contribution >= 4 is 16.9 Å². The van der Waals surface area contributed by atoms with E-state index in [-0.39, 0.29) is 18.6 Å². The Bertz CT molecular complexity index is 1420. The SMILES string of the molecule is CCC1(O)CC(=O)OCc2c1cc1n(c2=O)Cc2c-1nc1ccc(OC)cc1c2CN1CCCC1. The van der Waals surface area contributed by atoms with Gasteiger partial charge in [0.15, 0.2) is 0 Å². The lowest BCUT2D eigenvalue weighted by Gasteiger charge is -2.26. The van der Waals surface area contributed by atoms with Crippen molar-refractivity contribution < 1.29 is 19.4 Å². The first-order chi connectivity index (χ1) is 16.9. The molecule has 1 aromatic carbocycles. The fraction of sp³-hybridized carbons (Fsp3) is 0.444. The molecule has 1 unspecified atom stereocenters. The number of likely N-dealkylation sites (tertiary alicyclic amines) is 1. The smallest absolute Gasteiger partial charge is 0.309 e. The van der Waals surface area contributed by atoms with E-state index in [0.29, 0.717) is 29.8 Å². The fourth-order valence-corrected chi connectivity index (χ4v) is 5.81. The number of esters is 1. The van der Waals surface area contributed by atoms with Crippen LogP contribution in [0.4, 0.5) is 0 Å². The Hall–Kier alpha value is -3.23. The molecule has 0 radical (unpaired) electrons. The van der Waals surface area contributed by atoms with Crippen molar-refractivity contribution in [1.29, 1.82) is 0 Å². The topological polar surface area (TPSA) is 93.9 Å². The summed E-state index contributed by atoms with van der Waals surface area (Å²) in [6.45, 7) is 4.98. The number of rotatable bonds is 4. The lowest BCUT2D eigenvalue weighted by atomic mass is 9.85. The summed E-state index contributed by atoms with van der Waals surface area (Å²) in [4.78, 5) is 33.3. The third-order valence-electron chi connectivity index (χ3n) is 7.85. The highest BCUT2D eigenvalue weighted by Crippen LogP contribution is 2.41. The Kier molecular flexibility index (Phi) is 5.19. The van der Waals surface area contributed by atoms with Gasteiger partial charge in [0.05, 0.1) is 42.5 Å². The van der Waals surface area contributed by atoms with Crippen LogP contribution in [-0.4, -0.2) is 45.7 Å². The molecule has 182 valence electrons. The van der Waals surface area contributed by atoms with Gasteiger partial charge in [0.2, 0.25) is 0 Å². The molecule has 0 aliphatic carbocycles. The minimum atomic E-state index is -1.44. The number of aliphatic hydroxyl groups is 1. The van der Waals surface area contributed by atoms with Gasteiger partial charge in [0.1, 0.15) is 18.0 Å². The summed E-state index contributed by atoms with van der Waals surface area (Å²) < 4.78 is 12.5. The third-order valence-corrected chi connectivity index (χ3v) is 7.85. The molecule has 35 heavy (non-hydrogen) atoms. The van der Waals surface area contributed by atoms with Gasteiger partial charge in [-0.1, -0.05) is 6.92 Å². The average Bonchev–Trinajstić information content (AvgIpc) is 3.48. The molecule has 8 heteroatoms. The van der Waals surface area contributed by atoms with Gasteiger partial charge in [0.25, 0.3) is 5.56 Å². The molecule has 0 bridgehead atoms. The van der Waals surface area contributed by atoms with Crippen LogP contribution in [0.15, 0.2) is 29.1 Å². The zero-order valence-electron chi connectivity index (χ0n) is 20.1. The lowest BCUT2D eigenvalue weighted by Crippen LogP contribution is -2.32. The molecule has 3 aromatic rings. The van der Waals surface area contributed by atoms with Gasteiger partial charge in [-0.15, -0.1) is 0 Å². The third kappa shape index (κ3) is 3.46. The minimum Gasteiger partial charge on any atom is -0.497 e. The predicted molar refractivity (Wildman–Crippen MR) is 130 cm³/mol. The number of carbonyl (C=O) groups excluding carboxylic acids is 1. The Labute approximate surface area is 203 Å². The molecular formula is C27H29N3O5. The molecule has 1 fully saturated rings. The molecule has 8 nitrogen and oxygen atoms in total. The van der Waals surface area contributed by atoms with E-state index in [4.69, 9.17) is 14.5 Å². The Morgan fingerprint density at radius 1 is 1.17 bits per heavy atom. The summed E-state index contributed by atoms with van der Waals surface area (Å²) in [7, 11) is 1.66. The van der Waals surface area contributed by atoms with Gasteiger partial charge < -0.3 is 19.1 Å². The molecule has 5 heterocycles. The van der Waals surface area contributed by atoms with Gasteiger partial charge in [-0.3, -0.25) is 14.5 Å². The highest BCUT2D eigenvalue weighted by molar-refractivity contribution is 5.89. The number of ether oxygens (including phenoxy) is 2. The van der Waals surface area contributed by atoms with Crippen molar-refractivity contribution in [3.63, 3.8) is 0 Å². The van der Waals surface area contributed by atoms with E-state index < -0.39 is 11.6 Å². The van der Waals surface area contributed by atoms with Crippen molar-refractivity contribution in [2.45, 2.75) is 57.9 Å². The molecule has 3 aliphatic rings. The molecule has 0 saturated carbocycles. The zero-order valence-corrected chi connectivity index (χ0v) is 20.1. The molecule has 1 atom stereocenters. The summed E-state index contributed by atoms with van der Waals surface area (Å²) in [5, 5.41) is 12.4. The van der Waals surface area contributed by atoms with E-state index >= 15 is 0 Å². The van der Waals surface area contributed by atoms with Crippen LogP contribution in [-0.2, 0) is 34.8 Å². The van der Waals surface area contributed by atoms with E-state index in [1.807, 2.05) is 31.2 Å². The molecule has 2 aromatic heterocycles. The number of hydrogen-bond donors (Lipinski definition) is 1. The number of carbonyl (C=O) groups is 1. The maximum Gasteiger partial charge on any atom is 0.309 e. The first-order valence-electron chi connectivity index (χ1n) is 12.3. The first-order valence-corrected chi connectivity index (χ1v) is 12.3. The van der Waals surface area contributed by atoms with E-state index in [0.717, 1.165) is 47.5 Å². The lowest BCUT2D eigenvalue weighted by molar-refractivity contribution is -0.149. The van der Waals surface area contributed by atoms with Crippen LogP contribution < -0.4 is 10.3 Å². The number of hydrogen-bond acceptors (Lipinski definition) is 7. The molecule has 3 aliphatic heterocycles. The maximum atomic E-state index is 13.7. The van der Waals surface area contributed by atoms with Crippen molar-refractivity contribution in [2.24, 2.45) is 0 Å². The summed E-state index contributed by atoms with van der Waals surface area (Å²) in [6, 6.07) is 7.75. The Morgan fingerprint density at radius 3 is 2.71 bits per heavy atom. The highest BCUT2D eigenvalue weighted by atomic mass is 16.5. The van der Waals surface area contributed by atoms with E-state index in [2.05, 4.69) is 4.90 Å². The van der Waals surface area contributed by atoms with Crippen LogP contribution in [0.25, 0.3) is 22.3 Å². The fourth-order valence-electron chi connectivity index (χ4n) is 5.81. The standard InChI is InChI=1S/C27H29N3O5/c1-3-27(33)12-24(31)35-15-20-21(27)11-23-25-19(14-30(23)26(20)32)18(13-29-8-4-5-9-29)17-10-16(34-2)6-7-22(17)28-25/h6-7,10-11,33H,3-5,8-9,12-15H2,1-2H3. The number of aromatic nitrogens is 2. The number of benzene rings is 1. The van der Waals surface area contributed by atoms with Crippen LogP contribution in [0, 0.1) is 0 Å². The molecule has 0 amide bonds. The second-order valence-corrected chi connectivity index (χ2v) is 9.82. The van der Waals surface area contributed by atoms with Gasteiger partial charge in [-0.25, -0.2) is 4.98 Å². The van der Waals surface area contributed by atoms with E-state index in [1.54, 1.807) is 11.7 Å². The largest absolute Gasteiger partial charge is 0.497 e. The van der Waals surface area contributed by atoms with Gasteiger partial charge in [0, 0.05) is 17.5 Å². The van der Waals surface area contributed by atoms with Crippen LogP contribution in [0.5, 0.6) is 5.75 Å². The zero-order chi connectivity index (χ0) is 24.3. The van der Waals surface area contributed by atoms with Crippen LogP contribution in [0.2, 0.25) is 0 Å². The van der Waals surface area contributed by atoms with Crippen molar-refractivity contribution in [2.75, 3.05) is 20.2 Å². The summed E-state index contributed by atoms with van der Waals surface area (Å²) in [5.74, 6) is 0.276. The van der Waals surface area contributed by atoms with Gasteiger partial charge in [-0.2, -0.15) is 0 Å². The maximum absolute atomic E-state index is 13.7. The average molecular weight is 476 g/mol. The quantitative estimate of drug-likeness (QED) is 0.454. The number of nitrogens with zero attached hydrogens (tertiary/aromatic N) is 3. The number of fused-ring (bicyclic) bond motifs is 5. The first kappa shape index (κ1) is 22.2. The molecule has 1 N–H and O–H groups in total. The Morgan fingerprint density at radius 2 is 1.97 bits per heavy atom. The van der Waals surface area contributed by atoms with Crippen molar-refractivity contribution in [3.05, 3.63) is 56.9 Å². The van der Waals surface area contributed by atoms with E-state index in [9.17, 15) is 14.7 Å². The van der Waals surface area contributed by atoms with Gasteiger partial charge >= 0.3 is 5.97 Å². The summed E-state index contributed by atoms with van der Waals surface area (Å²) in [6.07, 6.45) is 2.51. The second kappa shape index (κ2) is 8.17. The highest BCUT2D eigenvalue weighted by Gasteiger charge is 2.40. The molecular weight excluding hydrogens is 446 g/mol. The van der Waals surface area contributed by atoms with Crippen LogP contribution in [0.3, 0.4) is 0 Å². The second-order valence-electron chi connectivity index (χ2n) is 9.82. The molecule has 6 rings (SSSR count). The number of methoxy groups -OCH3 is 1. The number of pyridine rings is 2. The van der Waals surface area contributed by atoms with Crippen molar-refractivity contribution in [3.8, 4) is 17.1 Å². The molecule has 0 spiro atoms. The summed E-state index contributed by atoms with van der Waals surface area (Å²) >= 11 is 0. The normalized spacial score (nSPS) is 21.4. The Balaban J connectivity index is 1.59. The van der Waals surface area contributed by atoms with Crippen LogP contribution in [0.1, 0.15) is 54.9 Å². The van der Waals surface area contributed by atoms with Crippen molar-refractivity contribution in [1.82, 2.24) is 14.5 Å². The predicted octanol–water partition coefficient (Wildman–Crippen LogP) is 3.07. The van der Waals surface area contributed by atoms with Crippen LogP contribution >= 0.6 is 0 Å². The number of cyclic esters (lactones) is 1. The minimum absolute atomic E-state index is 0.126. The summed E-state index contributed by atoms with van der Waals surface area (Å²) in [5.41, 5.74) is 3.66. The monoisotopic (exact) mass is 475 g/mol. The van der Waals surface area contributed by atoms with E-state index in [1.165, 1.54) is 18.4 Å². The van der Waals surface area contributed by atoms with Gasteiger partial charge in [-0.05, 0) is 67.7 Å².